The van der Waals surface area contributed by atoms with Gasteiger partial charge >= 0.3 is 6.18 Å². The van der Waals surface area contributed by atoms with Crippen molar-refractivity contribution in [2.75, 3.05) is 0 Å². The molecule has 2 rings (SSSR count). The van der Waals surface area contributed by atoms with Gasteiger partial charge in [-0.3, -0.25) is 4.79 Å². The lowest BCUT2D eigenvalue weighted by Gasteiger charge is -2.24. The lowest BCUT2D eigenvalue weighted by Crippen LogP contribution is -2.23. The predicted octanol–water partition coefficient (Wildman–Crippen LogP) is 3.75. The van der Waals surface area contributed by atoms with Crippen LogP contribution in [-0.4, -0.2) is 5.78 Å². The van der Waals surface area contributed by atoms with Gasteiger partial charge in [-0.25, -0.2) is 0 Å². The van der Waals surface area contributed by atoms with Gasteiger partial charge in [-0.05, 0) is 12.8 Å². The molecule has 0 aliphatic heterocycles. The molecule has 1 aliphatic carbocycles. The van der Waals surface area contributed by atoms with Crippen LogP contribution in [0.15, 0.2) is 10.8 Å². The summed E-state index contributed by atoms with van der Waals surface area (Å²) >= 11 is 0.933. The lowest BCUT2D eigenvalue weighted by molar-refractivity contribution is -0.137. The Morgan fingerprint density at radius 3 is 2.47 bits per heavy atom. The summed E-state index contributed by atoms with van der Waals surface area (Å²) in [4.78, 5) is 11.7. The molecule has 1 aromatic heterocycles. The average molecular weight is 234 g/mol. The largest absolute Gasteiger partial charge is 0.417 e. The molecule has 0 spiro atoms. The van der Waals surface area contributed by atoms with Gasteiger partial charge in [0, 0.05) is 22.2 Å². The molecule has 1 fully saturated rings. The molecule has 0 amide bonds. The summed E-state index contributed by atoms with van der Waals surface area (Å²) in [7, 11) is 0. The van der Waals surface area contributed by atoms with Gasteiger partial charge in [0.15, 0.2) is 5.78 Å². The number of halogens is 3. The zero-order valence-corrected chi connectivity index (χ0v) is 8.62. The molecule has 1 heterocycles. The second kappa shape index (κ2) is 3.63. The summed E-state index contributed by atoms with van der Waals surface area (Å²) in [6.07, 6.45) is -2.01. The minimum atomic E-state index is -4.41. The van der Waals surface area contributed by atoms with Crippen molar-refractivity contribution in [3.05, 3.63) is 21.9 Å². The van der Waals surface area contributed by atoms with E-state index < -0.39 is 11.7 Å². The van der Waals surface area contributed by atoms with Crippen LogP contribution in [0.2, 0.25) is 0 Å². The summed E-state index contributed by atoms with van der Waals surface area (Å²) in [5.41, 5.74) is -0.915. The van der Waals surface area contributed by atoms with Crippen molar-refractivity contribution in [1.29, 1.82) is 0 Å². The van der Waals surface area contributed by atoms with Crippen LogP contribution < -0.4 is 0 Å². The summed E-state index contributed by atoms with van der Waals surface area (Å²) in [6.45, 7) is 0. The third-order valence-corrected chi connectivity index (χ3v) is 3.45. The Hall–Kier alpha value is -0.840. The highest BCUT2D eigenvalue weighted by molar-refractivity contribution is 7.08. The average Bonchev–Trinajstić information content (AvgIpc) is 2.45. The van der Waals surface area contributed by atoms with Gasteiger partial charge in [0.1, 0.15) is 0 Å². The number of Topliss-reactive ketones (excluding diaryl/α,β-unsaturated/α-hetero) is 1. The van der Waals surface area contributed by atoms with Crippen LogP contribution >= 0.6 is 11.3 Å². The van der Waals surface area contributed by atoms with Crippen LogP contribution in [-0.2, 0) is 6.18 Å². The van der Waals surface area contributed by atoms with E-state index in [-0.39, 0.29) is 17.3 Å². The fourth-order valence-electron chi connectivity index (χ4n) is 1.60. The highest BCUT2D eigenvalue weighted by Gasteiger charge is 2.38. The number of ketones is 1. The van der Waals surface area contributed by atoms with Gasteiger partial charge in [-0.1, -0.05) is 6.42 Å². The number of alkyl halides is 3. The van der Waals surface area contributed by atoms with Crippen molar-refractivity contribution in [3.8, 4) is 0 Å². The lowest BCUT2D eigenvalue weighted by atomic mass is 9.80. The molecule has 1 aliphatic rings. The Balaban J connectivity index is 2.28. The van der Waals surface area contributed by atoms with E-state index in [2.05, 4.69) is 0 Å². The first-order chi connectivity index (χ1) is 7.00. The molecular weight excluding hydrogens is 225 g/mol. The second-order valence-electron chi connectivity index (χ2n) is 3.69. The van der Waals surface area contributed by atoms with Crippen molar-refractivity contribution >= 4 is 17.1 Å². The maximum atomic E-state index is 12.5. The number of hydrogen-bond acceptors (Lipinski definition) is 2. The molecule has 0 saturated heterocycles. The molecule has 5 heteroatoms. The van der Waals surface area contributed by atoms with Crippen LogP contribution in [0, 0.1) is 5.92 Å². The number of rotatable bonds is 2. The number of thiophene rings is 1. The quantitative estimate of drug-likeness (QED) is 0.712. The van der Waals surface area contributed by atoms with E-state index in [0.717, 1.165) is 36.0 Å². The first-order valence-corrected chi connectivity index (χ1v) is 5.62. The molecule has 0 N–H and O–H groups in total. The topological polar surface area (TPSA) is 17.1 Å². The summed E-state index contributed by atoms with van der Waals surface area (Å²) in [5, 5.41) is 2.31. The molecule has 0 unspecified atom stereocenters. The Bertz CT molecular complexity index is 376. The molecule has 1 nitrogen and oxygen atoms in total. The minimum absolute atomic E-state index is 0.141. The molecule has 0 atom stereocenters. The second-order valence-corrected chi connectivity index (χ2v) is 4.43. The predicted molar refractivity (Wildman–Crippen MR) is 51.0 cm³/mol. The molecule has 0 aromatic carbocycles. The normalized spacial score (nSPS) is 17.5. The number of carbonyl (C=O) groups excluding carboxylic acids is 1. The van der Waals surface area contributed by atoms with Crippen molar-refractivity contribution < 1.29 is 18.0 Å². The van der Waals surface area contributed by atoms with Gasteiger partial charge in [-0.15, -0.1) is 0 Å². The first-order valence-electron chi connectivity index (χ1n) is 4.67. The standard InChI is InChI=1S/C10H9F3OS/c11-10(12,13)8-5-15-4-7(8)9(14)6-2-1-3-6/h4-6H,1-3H2. The van der Waals surface area contributed by atoms with Crippen LogP contribution in [0.3, 0.4) is 0 Å². The fourth-order valence-corrected chi connectivity index (χ4v) is 2.44. The van der Waals surface area contributed by atoms with E-state index in [9.17, 15) is 18.0 Å². The maximum Gasteiger partial charge on any atom is 0.417 e. The van der Waals surface area contributed by atoms with E-state index in [1.54, 1.807) is 0 Å². The maximum absolute atomic E-state index is 12.5. The third-order valence-electron chi connectivity index (χ3n) is 2.71. The van der Waals surface area contributed by atoms with Crippen LogP contribution in [0.5, 0.6) is 0 Å². The van der Waals surface area contributed by atoms with Crippen LogP contribution in [0.1, 0.15) is 35.2 Å². The Kier molecular flexibility index (Phi) is 2.58. The van der Waals surface area contributed by atoms with E-state index in [1.165, 1.54) is 5.38 Å². The third kappa shape index (κ3) is 1.93. The van der Waals surface area contributed by atoms with Gasteiger partial charge in [0.25, 0.3) is 0 Å². The smallest absolute Gasteiger partial charge is 0.294 e. The Morgan fingerprint density at radius 2 is 2.00 bits per heavy atom. The van der Waals surface area contributed by atoms with E-state index in [1.807, 2.05) is 0 Å². The van der Waals surface area contributed by atoms with Crippen molar-refractivity contribution in [2.45, 2.75) is 25.4 Å². The number of carbonyl (C=O) groups is 1. The zero-order chi connectivity index (χ0) is 11.1. The van der Waals surface area contributed by atoms with E-state index in [4.69, 9.17) is 0 Å². The molecule has 82 valence electrons. The SMILES string of the molecule is O=C(c1cscc1C(F)(F)F)C1CCC1. The van der Waals surface area contributed by atoms with Crippen LogP contribution in [0.4, 0.5) is 13.2 Å². The van der Waals surface area contributed by atoms with Crippen molar-refractivity contribution in [3.63, 3.8) is 0 Å². The van der Waals surface area contributed by atoms with Gasteiger partial charge < -0.3 is 0 Å². The fraction of sp³-hybridized carbons (Fsp3) is 0.500. The monoisotopic (exact) mass is 234 g/mol. The Labute approximate surface area is 88.9 Å². The summed E-state index contributed by atoms with van der Waals surface area (Å²) in [6, 6.07) is 0. The molecule has 1 saturated carbocycles. The van der Waals surface area contributed by atoms with Crippen molar-refractivity contribution in [1.82, 2.24) is 0 Å². The summed E-state index contributed by atoms with van der Waals surface area (Å²) in [5.74, 6) is -0.518. The Morgan fingerprint density at radius 1 is 1.33 bits per heavy atom. The molecule has 0 radical (unpaired) electrons. The minimum Gasteiger partial charge on any atom is -0.294 e. The zero-order valence-electron chi connectivity index (χ0n) is 7.80. The highest BCUT2D eigenvalue weighted by atomic mass is 32.1. The van der Waals surface area contributed by atoms with Crippen molar-refractivity contribution in [2.24, 2.45) is 5.92 Å². The molecule has 1 aromatic rings. The first kappa shape index (κ1) is 10.7. The van der Waals surface area contributed by atoms with Gasteiger partial charge in [-0.2, -0.15) is 24.5 Å². The molecular formula is C10H9F3OS. The molecule has 15 heavy (non-hydrogen) atoms. The molecule has 0 bridgehead atoms. The van der Waals surface area contributed by atoms with Gasteiger partial charge in [0.05, 0.1) is 5.56 Å². The van der Waals surface area contributed by atoms with Gasteiger partial charge in [0.2, 0.25) is 0 Å². The van der Waals surface area contributed by atoms with Crippen LogP contribution in [0.25, 0.3) is 0 Å². The van der Waals surface area contributed by atoms with E-state index in [0.29, 0.717) is 0 Å². The number of hydrogen-bond donors (Lipinski definition) is 0. The van der Waals surface area contributed by atoms with E-state index >= 15 is 0 Å². The summed E-state index contributed by atoms with van der Waals surface area (Å²) < 4.78 is 37.4. The highest BCUT2D eigenvalue weighted by Crippen LogP contribution is 2.38.